The summed E-state index contributed by atoms with van der Waals surface area (Å²) in [6, 6.07) is 7.28. The average Bonchev–Trinajstić information content (AvgIpc) is 2.66. The molecule has 0 spiro atoms. The molecule has 0 saturated carbocycles. The van der Waals surface area contributed by atoms with Gasteiger partial charge in [0.15, 0.2) is 6.79 Å². The number of hydrogen-bond donors (Lipinski definition) is 0. The van der Waals surface area contributed by atoms with Gasteiger partial charge in [-0.3, -0.25) is 4.79 Å². The van der Waals surface area contributed by atoms with E-state index in [0.717, 1.165) is 25.7 Å². The maximum Gasteiger partial charge on any atom is 0.223 e. The summed E-state index contributed by atoms with van der Waals surface area (Å²) >= 11 is 1.30. The van der Waals surface area contributed by atoms with Crippen molar-refractivity contribution in [3.63, 3.8) is 0 Å². The fourth-order valence-electron chi connectivity index (χ4n) is 2.56. The lowest BCUT2D eigenvalue weighted by atomic mass is 10.1. The van der Waals surface area contributed by atoms with E-state index in [2.05, 4.69) is 45.9 Å². The molecule has 0 aliphatic heterocycles. The van der Waals surface area contributed by atoms with Gasteiger partial charge < -0.3 is 9.47 Å². The smallest absolute Gasteiger partial charge is 0.223 e. The minimum atomic E-state index is 0.0192. The minimum Gasteiger partial charge on any atom is -0.467 e. The second kappa shape index (κ2) is 14.3. The molecule has 0 radical (unpaired) electrons. The fraction of sp³-hybridized carbons (Fsp3) is 0.458. The fourth-order valence-corrected chi connectivity index (χ4v) is 3.40. The molecule has 0 aliphatic rings. The summed E-state index contributed by atoms with van der Waals surface area (Å²) in [6.45, 7) is 8.75. The quantitative estimate of drug-likeness (QED) is 0.279. The molecule has 154 valence electrons. The Morgan fingerprint density at radius 1 is 0.964 bits per heavy atom. The Morgan fingerprint density at radius 3 is 2.29 bits per heavy atom. The number of allylic oxidation sites excluding steroid dienone is 5. The van der Waals surface area contributed by atoms with E-state index in [1.807, 2.05) is 12.1 Å². The van der Waals surface area contributed by atoms with Crippen LogP contribution in [0.2, 0.25) is 0 Å². The molecular formula is C24H34O3S. The van der Waals surface area contributed by atoms with Crippen molar-refractivity contribution in [2.75, 3.05) is 19.7 Å². The first-order valence-corrected chi connectivity index (χ1v) is 10.7. The van der Waals surface area contributed by atoms with Gasteiger partial charge in [-0.2, -0.15) is 0 Å². The van der Waals surface area contributed by atoms with Gasteiger partial charge >= 0.3 is 0 Å². The molecule has 1 aromatic rings. The summed E-state index contributed by atoms with van der Waals surface area (Å²) in [4.78, 5) is 12.5. The van der Waals surface area contributed by atoms with Crippen LogP contribution in [0.3, 0.4) is 0 Å². The minimum absolute atomic E-state index is 0.0192. The molecular weight excluding hydrogens is 368 g/mol. The van der Waals surface area contributed by atoms with Crippen LogP contribution in [0, 0.1) is 0 Å². The van der Waals surface area contributed by atoms with E-state index < -0.39 is 0 Å². The monoisotopic (exact) mass is 402 g/mol. The largest absolute Gasteiger partial charge is 0.467 e. The number of thioether (sulfide) groups is 1. The topological polar surface area (TPSA) is 35.5 Å². The van der Waals surface area contributed by atoms with Crippen LogP contribution in [0.25, 0.3) is 0 Å². The maximum absolute atomic E-state index is 12.5. The average molecular weight is 403 g/mol. The highest BCUT2D eigenvalue weighted by Gasteiger charge is 2.12. The first kappa shape index (κ1) is 24.3. The number of hydrogen-bond acceptors (Lipinski definition) is 4. The van der Waals surface area contributed by atoms with Crippen molar-refractivity contribution in [1.82, 2.24) is 0 Å². The molecule has 28 heavy (non-hydrogen) atoms. The third kappa shape index (κ3) is 10.5. The van der Waals surface area contributed by atoms with Crippen LogP contribution < -0.4 is 4.74 Å². The first-order valence-electron chi connectivity index (χ1n) is 9.76. The molecule has 0 fully saturated rings. The molecule has 0 heterocycles. The number of para-hydroxylation sites is 1. The van der Waals surface area contributed by atoms with Crippen LogP contribution in [0.1, 0.15) is 63.7 Å². The Kier molecular flexibility index (Phi) is 12.3. The van der Waals surface area contributed by atoms with Gasteiger partial charge in [0.1, 0.15) is 5.75 Å². The van der Waals surface area contributed by atoms with Crippen LogP contribution in [-0.2, 0) is 4.74 Å². The van der Waals surface area contributed by atoms with Crippen molar-refractivity contribution in [2.24, 2.45) is 0 Å². The van der Waals surface area contributed by atoms with Gasteiger partial charge in [0, 0.05) is 12.9 Å². The SMILES string of the molecule is COCOc1ccccc1C(=O)SCC=C(C)CCC=C(C)CCC=C(C)C. The second-order valence-corrected chi connectivity index (χ2v) is 8.10. The van der Waals surface area contributed by atoms with E-state index in [0.29, 0.717) is 17.1 Å². The number of benzene rings is 1. The summed E-state index contributed by atoms with van der Waals surface area (Å²) in [5, 5.41) is 0.0192. The molecule has 0 aliphatic carbocycles. The maximum atomic E-state index is 12.5. The Balaban J connectivity index is 2.42. The molecule has 0 N–H and O–H groups in total. The number of rotatable bonds is 12. The van der Waals surface area contributed by atoms with Crippen molar-refractivity contribution in [3.8, 4) is 5.75 Å². The molecule has 1 rings (SSSR count). The summed E-state index contributed by atoms with van der Waals surface area (Å²) in [5.74, 6) is 1.24. The molecule has 0 amide bonds. The van der Waals surface area contributed by atoms with Crippen molar-refractivity contribution in [3.05, 3.63) is 64.8 Å². The lowest BCUT2D eigenvalue weighted by Crippen LogP contribution is -2.04. The summed E-state index contributed by atoms with van der Waals surface area (Å²) in [7, 11) is 1.56. The van der Waals surface area contributed by atoms with E-state index in [1.54, 1.807) is 19.2 Å². The highest BCUT2D eigenvalue weighted by Crippen LogP contribution is 2.24. The van der Waals surface area contributed by atoms with E-state index >= 15 is 0 Å². The number of carbonyl (C=O) groups excluding carboxylic acids is 1. The molecule has 1 aromatic carbocycles. The normalized spacial score (nSPS) is 12.0. The molecule has 0 saturated heterocycles. The summed E-state index contributed by atoms with van der Waals surface area (Å²) in [6.07, 6.45) is 11.1. The van der Waals surface area contributed by atoms with Gasteiger partial charge in [-0.15, -0.1) is 0 Å². The van der Waals surface area contributed by atoms with E-state index in [4.69, 9.17) is 9.47 Å². The van der Waals surface area contributed by atoms with Crippen molar-refractivity contribution < 1.29 is 14.3 Å². The van der Waals surface area contributed by atoms with Gasteiger partial charge in [-0.25, -0.2) is 0 Å². The van der Waals surface area contributed by atoms with Gasteiger partial charge in [0.2, 0.25) is 5.12 Å². The summed E-state index contributed by atoms with van der Waals surface area (Å²) in [5.41, 5.74) is 4.73. The zero-order chi connectivity index (χ0) is 20.8. The Hall–Kier alpha value is -1.78. The molecule has 0 aromatic heterocycles. The van der Waals surface area contributed by atoms with Crippen molar-refractivity contribution in [1.29, 1.82) is 0 Å². The Bertz CT molecular complexity index is 698. The highest BCUT2D eigenvalue weighted by atomic mass is 32.2. The van der Waals surface area contributed by atoms with E-state index in [-0.39, 0.29) is 11.9 Å². The second-order valence-electron chi connectivity index (χ2n) is 7.11. The third-order valence-electron chi connectivity index (χ3n) is 4.21. The van der Waals surface area contributed by atoms with Crippen LogP contribution in [-0.4, -0.2) is 24.8 Å². The molecule has 0 atom stereocenters. The lowest BCUT2D eigenvalue weighted by molar-refractivity contribution is 0.0505. The van der Waals surface area contributed by atoms with Crippen LogP contribution in [0.5, 0.6) is 5.75 Å². The highest BCUT2D eigenvalue weighted by molar-refractivity contribution is 8.14. The number of ether oxygens (including phenoxy) is 2. The predicted octanol–water partition coefficient (Wildman–Crippen LogP) is 6.96. The van der Waals surface area contributed by atoms with Gasteiger partial charge in [0.05, 0.1) is 5.56 Å². The zero-order valence-electron chi connectivity index (χ0n) is 17.9. The molecule has 0 unspecified atom stereocenters. The van der Waals surface area contributed by atoms with E-state index in [9.17, 15) is 4.79 Å². The van der Waals surface area contributed by atoms with E-state index in [1.165, 1.54) is 28.5 Å². The van der Waals surface area contributed by atoms with Crippen molar-refractivity contribution in [2.45, 2.75) is 53.4 Å². The predicted molar refractivity (Wildman–Crippen MR) is 121 cm³/mol. The standard InChI is InChI=1S/C24H34O3S/c1-19(2)10-8-11-20(3)12-9-13-21(4)16-17-28-24(25)22-14-6-7-15-23(22)27-18-26-5/h6-7,10,12,14-16H,8-9,11,13,17-18H2,1-5H3. The van der Waals surface area contributed by atoms with Crippen molar-refractivity contribution >= 4 is 16.9 Å². The Morgan fingerprint density at radius 2 is 1.61 bits per heavy atom. The van der Waals surface area contributed by atoms with Crippen LogP contribution in [0.15, 0.2) is 59.2 Å². The molecule has 4 heteroatoms. The zero-order valence-corrected chi connectivity index (χ0v) is 18.7. The van der Waals surface area contributed by atoms with Gasteiger partial charge in [0.25, 0.3) is 0 Å². The van der Waals surface area contributed by atoms with Crippen LogP contribution >= 0.6 is 11.8 Å². The third-order valence-corrected chi connectivity index (χ3v) is 5.02. The molecule has 0 bridgehead atoms. The van der Waals surface area contributed by atoms with Crippen LogP contribution in [0.4, 0.5) is 0 Å². The van der Waals surface area contributed by atoms with Gasteiger partial charge in [-0.1, -0.05) is 58.8 Å². The lowest BCUT2D eigenvalue weighted by Gasteiger charge is -2.09. The van der Waals surface area contributed by atoms with Gasteiger partial charge in [-0.05, 0) is 65.5 Å². The molecule has 3 nitrogen and oxygen atoms in total. The first-order chi connectivity index (χ1) is 13.4. The number of carbonyl (C=O) groups is 1. The number of methoxy groups -OCH3 is 1. The summed E-state index contributed by atoms with van der Waals surface area (Å²) < 4.78 is 10.4. The Labute approximate surface area is 174 Å².